The van der Waals surface area contributed by atoms with E-state index in [-0.39, 0.29) is 0 Å². The summed E-state index contributed by atoms with van der Waals surface area (Å²) in [6, 6.07) is 16.6. The van der Waals surface area contributed by atoms with E-state index in [0.717, 1.165) is 70.9 Å². The number of fused-ring (bicyclic) bond motifs is 2. The number of nitrogens with two attached hydrogens (primary N) is 1. The zero-order valence-corrected chi connectivity index (χ0v) is 21.4. The predicted molar refractivity (Wildman–Crippen MR) is 145 cm³/mol. The Morgan fingerprint density at radius 2 is 1.44 bits per heavy atom. The lowest BCUT2D eigenvalue weighted by molar-refractivity contribution is 0.272. The fraction of sp³-hybridized carbons (Fsp3) is 0.357. The van der Waals surface area contributed by atoms with Gasteiger partial charge in [0.25, 0.3) is 0 Å². The van der Waals surface area contributed by atoms with Crippen molar-refractivity contribution in [1.82, 2.24) is 19.8 Å². The second-order valence-corrected chi connectivity index (χ2v) is 10.7. The monoisotopic (exact) mass is 501 g/mol. The molecule has 1 saturated heterocycles. The van der Waals surface area contributed by atoms with Crippen molar-refractivity contribution in [3.63, 3.8) is 0 Å². The lowest BCUT2D eigenvalue weighted by Gasteiger charge is -2.14. The Morgan fingerprint density at radius 1 is 0.833 bits per heavy atom. The summed E-state index contributed by atoms with van der Waals surface area (Å²) in [4.78, 5) is 16.3. The summed E-state index contributed by atoms with van der Waals surface area (Å²) in [5.74, 6) is 1.26. The largest absolute Gasteiger partial charge is 0.435 e. The summed E-state index contributed by atoms with van der Waals surface area (Å²) in [7, 11) is 2.18. The second kappa shape index (κ2) is 10.1. The van der Waals surface area contributed by atoms with Gasteiger partial charge in [0.15, 0.2) is 11.2 Å². The molecular weight excluding hydrogens is 470 g/mol. The van der Waals surface area contributed by atoms with Gasteiger partial charge in [-0.3, -0.25) is 9.80 Å². The third-order valence-electron chi connectivity index (χ3n) is 6.78. The number of rotatable bonds is 9. The van der Waals surface area contributed by atoms with Crippen LogP contribution in [0.1, 0.15) is 24.0 Å². The zero-order chi connectivity index (χ0) is 24.5. The molecule has 0 amide bonds. The molecule has 0 bridgehead atoms. The predicted octanol–water partition coefficient (Wildman–Crippen LogP) is 5.39. The van der Waals surface area contributed by atoms with E-state index in [1.54, 1.807) is 11.3 Å². The van der Waals surface area contributed by atoms with Crippen LogP contribution in [0.5, 0.6) is 0 Å². The molecule has 2 N–H and O–H groups in total. The Balaban J connectivity index is 1.16. The summed E-state index contributed by atoms with van der Waals surface area (Å²) in [6.07, 6.45) is 4.12. The highest BCUT2D eigenvalue weighted by molar-refractivity contribution is 7.18. The molecule has 7 nitrogen and oxygen atoms in total. The van der Waals surface area contributed by atoms with Crippen LogP contribution in [0.4, 0.5) is 0 Å². The normalized spacial score (nSPS) is 15.1. The molecule has 1 aliphatic heterocycles. The molecule has 2 aromatic carbocycles. The topological polar surface area (TPSA) is 84.6 Å². The van der Waals surface area contributed by atoms with Crippen molar-refractivity contribution in [2.75, 3.05) is 39.9 Å². The Hall–Kier alpha value is -3.04. The molecular formula is C28H31N5O2S. The maximum atomic E-state index is 6.09. The quantitative estimate of drug-likeness (QED) is 0.290. The Labute approximate surface area is 214 Å². The van der Waals surface area contributed by atoms with Crippen LogP contribution in [0.15, 0.2) is 57.4 Å². The Kier molecular flexibility index (Phi) is 6.58. The first-order valence-electron chi connectivity index (χ1n) is 12.6. The third kappa shape index (κ3) is 4.95. The molecule has 1 fully saturated rings. The average Bonchev–Trinajstić information content (AvgIpc) is 3.67. The number of oxazole rings is 2. The van der Waals surface area contributed by atoms with Crippen LogP contribution in [-0.4, -0.2) is 59.7 Å². The van der Waals surface area contributed by atoms with Gasteiger partial charge in [-0.25, -0.2) is 9.97 Å². The van der Waals surface area contributed by atoms with Crippen molar-refractivity contribution >= 4 is 33.5 Å². The summed E-state index contributed by atoms with van der Waals surface area (Å²) in [6.45, 7) is 5.24. The number of hydrogen-bond donors (Lipinski definition) is 1. The van der Waals surface area contributed by atoms with Crippen molar-refractivity contribution < 1.29 is 8.83 Å². The first-order valence-corrected chi connectivity index (χ1v) is 13.5. The first-order chi connectivity index (χ1) is 17.6. The van der Waals surface area contributed by atoms with Gasteiger partial charge in [0.1, 0.15) is 11.0 Å². The number of aromatic nitrogens is 2. The van der Waals surface area contributed by atoms with Crippen LogP contribution >= 0.6 is 11.3 Å². The lowest BCUT2D eigenvalue weighted by atomic mass is 10.1. The zero-order valence-electron chi connectivity index (χ0n) is 20.6. The molecule has 0 spiro atoms. The van der Waals surface area contributed by atoms with E-state index < -0.39 is 0 Å². The maximum absolute atomic E-state index is 6.09. The molecule has 6 rings (SSSR count). The molecule has 186 valence electrons. The molecule has 0 saturated carbocycles. The number of likely N-dealkylation sites (N-methyl/N-ethyl adjacent to an activating group) is 1. The number of benzene rings is 2. The summed E-state index contributed by atoms with van der Waals surface area (Å²) in [5.41, 5.74) is 11.6. The highest BCUT2D eigenvalue weighted by Gasteiger charge is 2.17. The van der Waals surface area contributed by atoms with E-state index in [1.165, 1.54) is 24.2 Å². The van der Waals surface area contributed by atoms with E-state index in [2.05, 4.69) is 41.1 Å². The van der Waals surface area contributed by atoms with Crippen LogP contribution in [-0.2, 0) is 12.8 Å². The van der Waals surface area contributed by atoms with Crippen molar-refractivity contribution in [2.24, 2.45) is 5.73 Å². The second-order valence-electron chi connectivity index (χ2n) is 9.64. The highest BCUT2D eigenvalue weighted by atomic mass is 32.1. The summed E-state index contributed by atoms with van der Waals surface area (Å²) >= 11 is 1.58. The van der Waals surface area contributed by atoms with E-state index >= 15 is 0 Å². The van der Waals surface area contributed by atoms with Gasteiger partial charge in [-0.05, 0) is 93.3 Å². The SMILES string of the molecule is CN1CCN(CCCc2ccc3oc(-c4ccc(-c5nc6cc(CCCN)ccc6o5)s4)nc3c2)C1. The lowest BCUT2D eigenvalue weighted by Crippen LogP contribution is -2.24. The molecule has 0 radical (unpaired) electrons. The number of aryl methyl sites for hydroxylation is 2. The van der Waals surface area contributed by atoms with Crippen molar-refractivity contribution in [1.29, 1.82) is 0 Å². The molecule has 4 heterocycles. The average molecular weight is 502 g/mol. The van der Waals surface area contributed by atoms with Gasteiger partial charge in [0.2, 0.25) is 11.8 Å². The van der Waals surface area contributed by atoms with Crippen molar-refractivity contribution in [3.8, 4) is 21.5 Å². The fourth-order valence-corrected chi connectivity index (χ4v) is 5.68. The van der Waals surface area contributed by atoms with Crippen LogP contribution in [0.2, 0.25) is 0 Å². The molecule has 36 heavy (non-hydrogen) atoms. The van der Waals surface area contributed by atoms with Crippen LogP contribution in [0.3, 0.4) is 0 Å². The maximum Gasteiger partial charge on any atom is 0.237 e. The van der Waals surface area contributed by atoms with Gasteiger partial charge in [-0.1, -0.05) is 12.1 Å². The number of thiophene rings is 1. The minimum atomic E-state index is 0.625. The van der Waals surface area contributed by atoms with Crippen molar-refractivity contribution in [2.45, 2.75) is 25.7 Å². The third-order valence-corrected chi connectivity index (χ3v) is 7.84. The van der Waals surface area contributed by atoms with Crippen molar-refractivity contribution in [3.05, 3.63) is 59.7 Å². The van der Waals surface area contributed by atoms with E-state index in [9.17, 15) is 0 Å². The molecule has 1 aliphatic rings. The Morgan fingerprint density at radius 3 is 2.00 bits per heavy atom. The van der Waals surface area contributed by atoms with Crippen LogP contribution < -0.4 is 5.73 Å². The molecule has 8 heteroatoms. The standard InChI is InChI=1S/C28H31N5O2S/c1-32-14-15-33(18-32)13-3-5-20-7-9-24-22(17-20)31-28(35-24)26-11-10-25(36-26)27-30-21-16-19(4-2-12-29)6-8-23(21)34-27/h6-11,16-17H,2-5,12-15,18,29H2,1H3. The van der Waals surface area contributed by atoms with Crippen LogP contribution in [0, 0.1) is 0 Å². The van der Waals surface area contributed by atoms with Gasteiger partial charge < -0.3 is 14.6 Å². The highest BCUT2D eigenvalue weighted by Crippen LogP contribution is 2.36. The number of hydrogen-bond acceptors (Lipinski definition) is 8. The minimum absolute atomic E-state index is 0.625. The first kappa shape index (κ1) is 23.4. The smallest absolute Gasteiger partial charge is 0.237 e. The van der Waals surface area contributed by atoms with Crippen LogP contribution in [0.25, 0.3) is 43.7 Å². The minimum Gasteiger partial charge on any atom is -0.435 e. The summed E-state index contributed by atoms with van der Waals surface area (Å²) in [5, 5.41) is 0. The van der Waals surface area contributed by atoms with Gasteiger partial charge >= 0.3 is 0 Å². The molecule has 3 aromatic heterocycles. The van der Waals surface area contributed by atoms with E-state index in [1.807, 2.05) is 24.3 Å². The van der Waals surface area contributed by atoms with E-state index in [4.69, 9.17) is 24.5 Å². The molecule has 0 unspecified atom stereocenters. The molecule has 0 aliphatic carbocycles. The van der Waals surface area contributed by atoms with Gasteiger partial charge in [0, 0.05) is 13.1 Å². The van der Waals surface area contributed by atoms with E-state index in [0.29, 0.717) is 18.3 Å². The number of nitrogens with zero attached hydrogens (tertiary/aromatic N) is 4. The Bertz CT molecular complexity index is 1490. The van der Waals surface area contributed by atoms with Gasteiger partial charge in [0.05, 0.1) is 16.4 Å². The molecule has 5 aromatic rings. The fourth-order valence-electron chi connectivity index (χ4n) is 4.83. The van der Waals surface area contributed by atoms with Gasteiger partial charge in [-0.15, -0.1) is 11.3 Å². The summed E-state index contributed by atoms with van der Waals surface area (Å²) < 4.78 is 12.1. The van der Waals surface area contributed by atoms with Gasteiger partial charge in [-0.2, -0.15) is 0 Å². The molecule has 0 atom stereocenters.